The molecular formula is C82H48F3N9. The van der Waals surface area contributed by atoms with Gasteiger partial charge in [-0.05, 0) is 112 Å². The molecule has 9 nitrogen and oxygen atoms in total. The van der Waals surface area contributed by atoms with Crippen molar-refractivity contribution in [2.75, 3.05) is 0 Å². The molecule has 0 fully saturated rings. The Balaban J connectivity index is 0.786. The first-order valence-corrected chi connectivity index (χ1v) is 30.5. The molecule has 0 atom stereocenters. The lowest BCUT2D eigenvalue weighted by atomic mass is 9.94. The van der Waals surface area contributed by atoms with Crippen LogP contribution in [0.2, 0.25) is 0 Å². The molecule has 4 heterocycles. The molecule has 0 bridgehead atoms. The number of nitrogens with zero attached hydrogens (tertiary/aromatic N) is 9. The van der Waals surface area contributed by atoms with Gasteiger partial charge in [0.05, 0.1) is 107 Å². The van der Waals surface area contributed by atoms with Gasteiger partial charge in [-0.3, -0.25) is 0 Å². The summed E-state index contributed by atoms with van der Waals surface area (Å²) in [6.45, 7) is 0. The molecule has 442 valence electrons. The van der Waals surface area contributed by atoms with Crippen molar-refractivity contribution in [1.82, 2.24) is 39.9 Å². The summed E-state index contributed by atoms with van der Waals surface area (Å²) < 4.78 is 43.9. The van der Waals surface area contributed by atoms with Gasteiger partial charge in [-0.25, -0.2) is 39.9 Å². The highest BCUT2D eigenvalue weighted by atomic mass is 19.4. The zero-order valence-corrected chi connectivity index (χ0v) is 49.9. The highest BCUT2D eigenvalue weighted by Gasteiger charge is 2.35. The maximum absolute atomic E-state index is 14.6. The van der Waals surface area contributed by atoms with E-state index in [0.717, 1.165) is 89.7 Å². The van der Waals surface area contributed by atoms with Gasteiger partial charge in [0, 0.05) is 44.5 Å². The SMILES string of the molecule is N#Cc1cc(-c2cccc(-c3nc4cc(-c5ccc6nc(-c7ccccc7)c(-c7ccccc7C(F)(F)F)nc6c5)ccc4nc3-c3ccccc3)c2)cc(-c2nc3cc(-c4ccc5nc(-c6ccccc6)c(-c6ccccc6)nc5c4)ccc3nc2-c2ccccc2)c1. The minimum atomic E-state index is -4.63. The Morgan fingerprint density at radius 2 is 0.500 bits per heavy atom. The van der Waals surface area contributed by atoms with Crippen molar-refractivity contribution in [2.45, 2.75) is 6.18 Å². The van der Waals surface area contributed by atoms with Gasteiger partial charge in [0.25, 0.3) is 0 Å². The van der Waals surface area contributed by atoms with Gasteiger partial charge in [-0.15, -0.1) is 0 Å². The van der Waals surface area contributed by atoms with Crippen LogP contribution in [0.25, 0.3) is 168 Å². The van der Waals surface area contributed by atoms with Crippen molar-refractivity contribution >= 4 is 44.1 Å². The van der Waals surface area contributed by atoms with E-state index < -0.39 is 11.7 Å². The summed E-state index contributed by atoms with van der Waals surface area (Å²) in [5.41, 5.74) is 20.3. The van der Waals surface area contributed by atoms with E-state index in [2.05, 4.69) is 66.7 Å². The fraction of sp³-hybridized carbons (Fsp3) is 0.0122. The molecule has 12 heteroatoms. The van der Waals surface area contributed by atoms with Crippen molar-refractivity contribution in [3.05, 3.63) is 302 Å². The molecule has 16 rings (SSSR count). The van der Waals surface area contributed by atoms with Crippen molar-refractivity contribution in [1.29, 1.82) is 5.26 Å². The number of rotatable bonds is 11. The Labute approximate surface area is 537 Å². The second-order valence-corrected chi connectivity index (χ2v) is 22.9. The van der Waals surface area contributed by atoms with E-state index in [-0.39, 0.29) is 11.3 Å². The topological polar surface area (TPSA) is 127 Å². The van der Waals surface area contributed by atoms with E-state index >= 15 is 0 Å². The largest absolute Gasteiger partial charge is 0.417 e. The Morgan fingerprint density at radius 1 is 0.223 bits per heavy atom. The summed E-state index contributed by atoms with van der Waals surface area (Å²) in [5.74, 6) is 0. The third-order valence-electron chi connectivity index (χ3n) is 16.9. The molecule has 0 unspecified atom stereocenters. The van der Waals surface area contributed by atoms with Crippen molar-refractivity contribution < 1.29 is 13.2 Å². The molecule has 12 aromatic carbocycles. The van der Waals surface area contributed by atoms with E-state index in [4.69, 9.17) is 39.9 Å². The van der Waals surface area contributed by atoms with Crippen molar-refractivity contribution in [3.8, 4) is 130 Å². The van der Waals surface area contributed by atoms with Crippen molar-refractivity contribution in [3.63, 3.8) is 0 Å². The average Bonchev–Trinajstić information content (AvgIpc) is 0.789. The van der Waals surface area contributed by atoms with Crippen molar-refractivity contribution in [2.24, 2.45) is 0 Å². The van der Waals surface area contributed by atoms with Crippen LogP contribution < -0.4 is 0 Å². The van der Waals surface area contributed by atoms with Crippen LogP contribution in [0.4, 0.5) is 13.2 Å². The first-order chi connectivity index (χ1) is 46.1. The smallest absolute Gasteiger partial charge is 0.244 e. The number of fused-ring (bicyclic) bond motifs is 4. The number of alkyl halides is 3. The van der Waals surface area contributed by atoms with Gasteiger partial charge < -0.3 is 0 Å². The third kappa shape index (κ3) is 10.8. The minimum absolute atomic E-state index is 0.0593. The zero-order valence-electron chi connectivity index (χ0n) is 49.9. The maximum Gasteiger partial charge on any atom is 0.417 e. The molecule has 94 heavy (non-hydrogen) atoms. The van der Waals surface area contributed by atoms with Crippen LogP contribution in [0.1, 0.15) is 11.1 Å². The molecule has 0 saturated heterocycles. The second-order valence-electron chi connectivity index (χ2n) is 22.9. The number of halogens is 3. The van der Waals surface area contributed by atoms with Crippen LogP contribution in [-0.4, -0.2) is 39.9 Å². The fourth-order valence-corrected chi connectivity index (χ4v) is 12.3. The first-order valence-electron chi connectivity index (χ1n) is 30.5. The summed E-state index contributed by atoms with van der Waals surface area (Å²) in [6, 6.07) is 94.9. The average molecular weight is 1220 g/mol. The number of hydrogen-bond acceptors (Lipinski definition) is 9. The van der Waals surface area contributed by atoms with Gasteiger partial charge in [0.1, 0.15) is 0 Å². The minimum Gasteiger partial charge on any atom is -0.244 e. The lowest BCUT2D eigenvalue weighted by molar-refractivity contribution is -0.137. The Kier molecular flexibility index (Phi) is 14.2. The molecule has 0 radical (unpaired) electrons. The van der Waals surface area contributed by atoms with Gasteiger partial charge in [-0.1, -0.05) is 212 Å². The van der Waals surface area contributed by atoms with Gasteiger partial charge in [0.15, 0.2) is 0 Å². The van der Waals surface area contributed by atoms with Crippen LogP contribution in [0, 0.1) is 11.3 Å². The normalized spacial score (nSPS) is 11.6. The summed E-state index contributed by atoms with van der Waals surface area (Å²) in [4.78, 5) is 41.8. The van der Waals surface area contributed by atoms with Gasteiger partial charge >= 0.3 is 6.18 Å². The van der Waals surface area contributed by atoms with E-state index in [1.54, 1.807) is 6.07 Å². The second kappa shape index (κ2) is 23.6. The molecular weight excluding hydrogens is 1170 g/mol. The Bertz CT molecular complexity index is 5670. The molecule has 0 aliphatic rings. The third-order valence-corrected chi connectivity index (χ3v) is 16.9. The monoisotopic (exact) mass is 1220 g/mol. The lowest BCUT2D eigenvalue weighted by Gasteiger charge is -2.16. The van der Waals surface area contributed by atoms with Crippen LogP contribution in [0.3, 0.4) is 0 Å². The maximum atomic E-state index is 14.6. The summed E-state index contributed by atoms with van der Waals surface area (Å²) >= 11 is 0. The highest BCUT2D eigenvalue weighted by molar-refractivity contribution is 5.96. The predicted molar refractivity (Wildman–Crippen MR) is 368 cm³/mol. The van der Waals surface area contributed by atoms with E-state index in [9.17, 15) is 18.4 Å². The van der Waals surface area contributed by atoms with E-state index in [1.165, 1.54) is 12.1 Å². The first kappa shape index (κ1) is 56.5. The molecule has 4 aromatic heterocycles. The van der Waals surface area contributed by atoms with Crippen LogP contribution in [0.15, 0.2) is 291 Å². The summed E-state index contributed by atoms with van der Waals surface area (Å²) in [6.07, 6.45) is -4.63. The fourth-order valence-electron chi connectivity index (χ4n) is 12.3. The quantitative estimate of drug-likeness (QED) is 0.124. The highest BCUT2D eigenvalue weighted by Crippen LogP contribution is 2.43. The number of nitriles is 1. The summed E-state index contributed by atoms with van der Waals surface area (Å²) in [7, 11) is 0. The van der Waals surface area contributed by atoms with Crippen LogP contribution in [-0.2, 0) is 6.18 Å². The Hall–Kier alpha value is -12.7. The van der Waals surface area contributed by atoms with Gasteiger partial charge in [0.2, 0.25) is 0 Å². The molecule has 16 aromatic rings. The predicted octanol–water partition coefficient (Wildman–Crippen LogP) is 20.7. The molecule has 0 amide bonds. The number of aromatic nitrogens is 8. The molecule has 0 saturated carbocycles. The van der Waals surface area contributed by atoms with E-state index in [0.29, 0.717) is 78.3 Å². The molecule has 0 N–H and O–H groups in total. The standard InChI is InChI=1S/C82H48F3N9/c83-82(84,85)65-32-17-16-31-64(65)81-78(55-27-14-5-15-28-55)90-69-40-36-60(48-73(69)94-81)58-34-38-67-71(46-58)92-79(76(88-67)53-23-10-3-11-24-53)61-30-18-29-56(43-61)62-41-50(49-86)42-63(44-62)80-77(54-25-12-4-13-26-54)89-68-39-35-59(47-72(68)93-80)57-33-37-66-70(45-57)91-75(52-21-8-2-9-22-52)74(87-66)51-19-6-1-7-20-51/h1-48H. The molecule has 0 aliphatic carbocycles. The van der Waals surface area contributed by atoms with Crippen LogP contribution in [0.5, 0.6) is 0 Å². The summed E-state index contributed by atoms with van der Waals surface area (Å²) in [5, 5.41) is 10.8. The number of hydrogen-bond donors (Lipinski definition) is 0. The zero-order chi connectivity index (χ0) is 63.3. The van der Waals surface area contributed by atoms with Crippen LogP contribution >= 0.6 is 0 Å². The van der Waals surface area contributed by atoms with Gasteiger partial charge in [-0.2, -0.15) is 18.4 Å². The Morgan fingerprint density at radius 3 is 0.883 bits per heavy atom. The lowest BCUT2D eigenvalue weighted by Crippen LogP contribution is -2.08. The molecule has 0 aliphatic heterocycles. The molecule has 0 spiro atoms. The number of benzene rings is 12. The van der Waals surface area contributed by atoms with E-state index in [1.807, 2.05) is 206 Å².